The lowest BCUT2D eigenvalue weighted by atomic mass is 9.60. The number of imide groups is 1. The summed E-state index contributed by atoms with van der Waals surface area (Å²) in [5.41, 5.74) is 8.68. The van der Waals surface area contributed by atoms with E-state index >= 15 is 0 Å². The van der Waals surface area contributed by atoms with E-state index in [4.69, 9.17) is 0 Å². The van der Waals surface area contributed by atoms with Crippen LogP contribution in [-0.4, -0.2) is 84.5 Å². The molecule has 52 heavy (non-hydrogen) atoms. The lowest BCUT2D eigenvalue weighted by Crippen LogP contribution is -2.52. The second-order valence-electron chi connectivity index (χ2n) is 16.4. The van der Waals surface area contributed by atoms with Crippen LogP contribution < -0.4 is 15.1 Å². The van der Waals surface area contributed by atoms with E-state index in [2.05, 4.69) is 62.5 Å². The molecule has 1 saturated carbocycles. The van der Waals surface area contributed by atoms with Crippen LogP contribution in [0.5, 0.6) is 5.75 Å². The van der Waals surface area contributed by atoms with E-state index in [9.17, 15) is 19.5 Å². The smallest absolute Gasteiger partial charge is 0.255 e. The molecule has 6 aliphatic rings. The summed E-state index contributed by atoms with van der Waals surface area (Å²) in [7, 11) is 0. The van der Waals surface area contributed by atoms with E-state index in [1.807, 2.05) is 18.2 Å². The average molecular weight is 702 g/mol. The van der Waals surface area contributed by atoms with Crippen molar-refractivity contribution in [2.45, 2.75) is 82.7 Å². The van der Waals surface area contributed by atoms with Gasteiger partial charge >= 0.3 is 0 Å². The number of nitrogens with zero attached hydrogens (tertiary/aromatic N) is 4. The number of piperazine rings is 1. The van der Waals surface area contributed by atoms with Crippen LogP contribution in [-0.2, 0) is 22.6 Å². The zero-order valence-electron chi connectivity index (χ0n) is 30.2. The number of phenolic OH excluding ortho intramolecular Hbond substituents is 1. The highest BCUT2D eigenvalue weighted by Crippen LogP contribution is 2.58. The fourth-order valence-corrected chi connectivity index (χ4v) is 10.7. The number of phenols is 1. The average Bonchev–Trinajstić information content (AvgIpc) is 3.76. The van der Waals surface area contributed by atoms with E-state index in [0.717, 1.165) is 63.5 Å². The molecule has 3 saturated heterocycles. The van der Waals surface area contributed by atoms with Crippen LogP contribution in [0, 0.1) is 11.3 Å². The summed E-state index contributed by atoms with van der Waals surface area (Å²) in [5.74, 6) is 0.772. The van der Waals surface area contributed by atoms with E-state index < -0.39 is 6.04 Å². The van der Waals surface area contributed by atoms with Gasteiger partial charge in [0.2, 0.25) is 11.8 Å². The normalized spacial score (nSPS) is 25.1. The van der Waals surface area contributed by atoms with Crippen molar-refractivity contribution in [1.82, 2.24) is 15.1 Å². The first kappa shape index (κ1) is 33.5. The number of hydrogen-bond donors (Lipinski definition) is 2. The highest BCUT2D eigenvalue weighted by molar-refractivity contribution is 6.05. The van der Waals surface area contributed by atoms with Crippen LogP contribution in [0.3, 0.4) is 0 Å². The van der Waals surface area contributed by atoms with Gasteiger partial charge in [-0.05, 0) is 121 Å². The Kier molecular flexibility index (Phi) is 8.72. The number of carbonyl (C=O) groups excluding carboxylic acids is 3. The summed E-state index contributed by atoms with van der Waals surface area (Å²) in [6, 6.07) is 21.1. The Morgan fingerprint density at radius 3 is 2.21 bits per heavy atom. The highest BCUT2D eigenvalue weighted by atomic mass is 16.3. The second-order valence-corrected chi connectivity index (χ2v) is 16.4. The topological polar surface area (TPSA) is 96.4 Å². The van der Waals surface area contributed by atoms with Gasteiger partial charge in [-0.25, -0.2) is 0 Å². The Morgan fingerprint density at radius 1 is 0.731 bits per heavy atom. The maximum absolute atomic E-state index is 13.1. The number of benzene rings is 3. The fourth-order valence-electron chi connectivity index (χ4n) is 10.7. The summed E-state index contributed by atoms with van der Waals surface area (Å²) in [6.07, 6.45) is 10.7. The molecule has 9 rings (SSSR count). The first-order valence-electron chi connectivity index (χ1n) is 19.8. The molecule has 2 aliphatic carbocycles. The largest absolute Gasteiger partial charge is 0.508 e. The van der Waals surface area contributed by atoms with Crippen molar-refractivity contribution in [2.75, 3.05) is 55.6 Å². The zero-order chi connectivity index (χ0) is 35.4. The third kappa shape index (κ3) is 6.14. The van der Waals surface area contributed by atoms with Crippen molar-refractivity contribution in [3.8, 4) is 5.75 Å². The van der Waals surface area contributed by atoms with Crippen LogP contribution >= 0.6 is 0 Å². The van der Waals surface area contributed by atoms with Gasteiger partial charge in [0.15, 0.2) is 0 Å². The van der Waals surface area contributed by atoms with Crippen molar-refractivity contribution in [2.24, 2.45) is 11.3 Å². The summed E-state index contributed by atoms with van der Waals surface area (Å²) >= 11 is 0. The second kappa shape index (κ2) is 13.6. The maximum atomic E-state index is 13.1. The molecule has 9 heteroatoms. The number of carbonyl (C=O) groups is 3. The molecule has 4 fully saturated rings. The van der Waals surface area contributed by atoms with E-state index in [-0.39, 0.29) is 24.1 Å². The molecule has 1 unspecified atom stereocenters. The van der Waals surface area contributed by atoms with Gasteiger partial charge in [-0.2, -0.15) is 0 Å². The molecular formula is C43H51N5O4. The minimum absolute atomic E-state index is 0.116. The van der Waals surface area contributed by atoms with Gasteiger partial charge in [0.1, 0.15) is 11.8 Å². The SMILES string of the molecule is O=C1CCC(N2Cc3cc(N4CCN(CC5CCN(c6ccc([C@H]7c8ccc(O)cc8CCC78CCCC8)cc6)CC5)CC4)ccc3C2=O)C(=O)N1. The first-order valence-corrected chi connectivity index (χ1v) is 19.8. The number of nitrogens with one attached hydrogen (secondary N) is 1. The minimum atomic E-state index is -0.580. The van der Waals surface area contributed by atoms with Gasteiger partial charge < -0.3 is 19.8 Å². The standard InChI is InChI=1S/C43H51N5O4/c49-35-8-10-36-31(26-35)13-18-43(16-1-2-17-43)40(36)30-3-5-33(6-4-30)46-19-14-29(15-20-46)27-45-21-23-47(24-22-45)34-7-9-37-32(25-34)28-48(42(37)52)38-11-12-39(50)44-41(38)51/h3-10,25-26,29,38,40,49H,1-2,11-24,27-28H2,(H,44,50,51)/t38?,40-/m0/s1. The number of fused-ring (bicyclic) bond motifs is 2. The molecule has 9 nitrogen and oxygen atoms in total. The van der Waals surface area contributed by atoms with Crippen molar-refractivity contribution in [1.29, 1.82) is 0 Å². The van der Waals surface area contributed by atoms with Gasteiger partial charge in [0.05, 0.1) is 0 Å². The predicted molar refractivity (Wildman–Crippen MR) is 202 cm³/mol. The Balaban J connectivity index is 0.773. The van der Waals surface area contributed by atoms with Crippen molar-refractivity contribution < 1.29 is 19.5 Å². The number of aromatic hydroxyl groups is 1. The predicted octanol–water partition coefficient (Wildman–Crippen LogP) is 5.83. The summed E-state index contributed by atoms with van der Waals surface area (Å²) in [6.45, 7) is 7.76. The van der Waals surface area contributed by atoms with Crippen LogP contribution in [0.15, 0.2) is 60.7 Å². The highest BCUT2D eigenvalue weighted by Gasteiger charge is 2.46. The summed E-state index contributed by atoms with van der Waals surface area (Å²) in [5, 5.41) is 12.6. The number of amides is 3. The molecule has 3 amide bonds. The third-order valence-corrected chi connectivity index (χ3v) is 13.5. The molecule has 2 N–H and O–H groups in total. The number of hydrogen-bond acceptors (Lipinski definition) is 7. The minimum Gasteiger partial charge on any atom is -0.508 e. The molecule has 0 bridgehead atoms. The van der Waals surface area contributed by atoms with Crippen molar-refractivity contribution >= 4 is 29.1 Å². The molecule has 0 aromatic heterocycles. The van der Waals surface area contributed by atoms with Crippen molar-refractivity contribution in [3.63, 3.8) is 0 Å². The lowest BCUT2D eigenvalue weighted by Gasteiger charge is -2.43. The Bertz CT molecular complexity index is 1850. The van der Waals surface area contributed by atoms with Gasteiger partial charge in [-0.15, -0.1) is 0 Å². The molecule has 3 aromatic carbocycles. The van der Waals surface area contributed by atoms with Gasteiger partial charge in [0.25, 0.3) is 5.91 Å². The van der Waals surface area contributed by atoms with E-state index in [1.54, 1.807) is 4.90 Å². The van der Waals surface area contributed by atoms with Crippen LogP contribution in [0.1, 0.15) is 96.3 Å². The maximum Gasteiger partial charge on any atom is 0.255 e. The quantitative estimate of drug-likeness (QED) is 0.313. The molecular weight excluding hydrogens is 651 g/mol. The number of piperidine rings is 2. The molecule has 2 atom stereocenters. The Hall–Kier alpha value is -4.37. The number of aryl methyl sites for hydroxylation is 1. The number of rotatable bonds is 6. The van der Waals surface area contributed by atoms with Gasteiger partial charge in [-0.1, -0.05) is 31.0 Å². The zero-order valence-corrected chi connectivity index (χ0v) is 30.2. The number of anilines is 2. The summed E-state index contributed by atoms with van der Waals surface area (Å²) < 4.78 is 0. The molecule has 272 valence electrons. The monoisotopic (exact) mass is 701 g/mol. The van der Waals surface area contributed by atoms with E-state index in [1.165, 1.54) is 67.3 Å². The first-order chi connectivity index (χ1) is 25.3. The molecule has 3 aromatic rings. The molecule has 0 radical (unpaired) electrons. The van der Waals surface area contributed by atoms with E-state index in [0.29, 0.717) is 41.5 Å². The lowest BCUT2D eigenvalue weighted by molar-refractivity contribution is -0.136. The van der Waals surface area contributed by atoms with Crippen LogP contribution in [0.25, 0.3) is 0 Å². The third-order valence-electron chi connectivity index (χ3n) is 13.5. The Morgan fingerprint density at radius 2 is 1.46 bits per heavy atom. The van der Waals surface area contributed by atoms with Gasteiger partial charge in [-0.3, -0.25) is 24.6 Å². The van der Waals surface area contributed by atoms with Crippen LogP contribution in [0.2, 0.25) is 0 Å². The van der Waals surface area contributed by atoms with Gasteiger partial charge in [0, 0.05) is 81.6 Å². The molecule has 4 aliphatic heterocycles. The summed E-state index contributed by atoms with van der Waals surface area (Å²) in [4.78, 5) is 46.5. The fraction of sp³-hybridized carbons (Fsp3) is 0.512. The molecule has 1 spiro atoms. The van der Waals surface area contributed by atoms with Crippen molar-refractivity contribution in [3.05, 3.63) is 88.5 Å². The molecule has 4 heterocycles. The Labute approximate surface area is 307 Å². The van der Waals surface area contributed by atoms with Crippen LogP contribution in [0.4, 0.5) is 11.4 Å².